The molecule has 34 heavy (non-hydrogen) atoms. The number of aliphatic hydroxyl groups is 1. The van der Waals surface area contributed by atoms with Crippen molar-refractivity contribution < 1.29 is 23.0 Å². The van der Waals surface area contributed by atoms with Crippen LogP contribution in [0.25, 0.3) is 11.1 Å². The SMILES string of the molecule is CCOCCOc1nn(C)c(NS(=O)(=O)c2ccc(C(C)(C)CO)cc2)c1-c1ccc(C)cc1. The van der Waals surface area contributed by atoms with Gasteiger partial charge in [-0.2, -0.15) is 0 Å². The highest BCUT2D eigenvalue weighted by Crippen LogP contribution is 2.37. The number of aryl methyl sites for hydroxylation is 2. The number of rotatable bonds is 11. The summed E-state index contributed by atoms with van der Waals surface area (Å²) in [6.45, 7) is 8.90. The largest absolute Gasteiger partial charge is 0.474 e. The van der Waals surface area contributed by atoms with Gasteiger partial charge in [0.15, 0.2) is 0 Å². The Morgan fingerprint density at radius 1 is 1.06 bits per heavy atom. The smallest absolute Gasteiger partial charge is 0.263 e. The van der Waals surface area contributed by atoms with Crippen LogP contribution in [0.2, 0.25) is 0 Å². The van der Waals surface area contributed by atoms with Crippen molar-refractivity contribution in [3.63, 3.8) is 0 Å². The molecular formula is C25H33N3O5S. The molecule has 0 unspecified atom stereocenters. The lowest BCUT2D eigenvalue weighted by atomic mass is 9.86. The Labute approximate surface area is 201 Å². The van der Waals surface area contributed by atoms with E-state index < -0.39 is 15.4 Å². The summed E-state index contributed by atoms with van der Waals surface area (Å²) in [5.74, 6) is 0.624. The summed E-state index contributed by atoms with van der Waals surface area (Å²) in [6.07, 6.45) is 0. The first-order valence-electron chi connectivity index (χ1n) is 11.2. The summed E-state index contributed by atoms with van der Waals surface area (Å²) in [6, 6.07) is 14.2. The summed E-state index contributed by atoms with van der Waals surface area (Å²) in [7, 11) is -2.25. The Kier molecular flexibility index (Phi) is 8.01. The minimum atomic E-state index is -3.91. The first-order chi connectivity index (χ1) is 16.1. The molecule has 2 N–H and O–H groups in total. The van der Waals surface area contributed by atoms with Crippen molar-refractivity contribution in [2.75, 3.05) is 31.1 Å². The van der Waals surface area contributed by atoms with Crippen LogP contribution in [0.5, 0.6) is 5.88 Å². The van der Waals surface area contributed by atoms with Crippen LogP contribution < -0.4 is 9.46 Å². The van der Waals surface area contributed by atoms with Crippen molar-refractivity contribution in [3.8, 4) is 17.0 Å². The predicted octanol–water partition coefficient (Wildman–Crippen LogP) is 3.88. The molecule has 0 radical (unpaired) electrons. The molecule has 0 saturated carbocycles. The van der Waals surface area contributed by atoms with E-state index in [2.05, 4.69) is 9.82 Å². The van der Waals surface area contributed by atoms with E-state index in [9.17, 15) is 13.5 Å². The van der Waals surface area contributed by atoms with Gasteiger partial charge < -0.3 is 14.6 Å². The van der Waals surface area contributed by atoms with Gasteiger partial charge in [-0.25, -0.2) is 13.1 Å². The van der Waals surface area contributed by atoms with Crippen molar-refractivity contribution in [1.82, 2.24) is 9.78 Å². The van der Waals surface area contributed by atoms with Gasteiger partial charge in [-0.05, 0) is 37.1 Å². The molecule has 184 valence electrons. The molecule has 0 amide bonds. The second-order valence-corrected chi connectivity index (χ2v) is 10.4. The number of nitrogens with zero attached hydrogens (tertiary/aromatic N) is 2. The number of ether oxygens (including phenoxy) is 2. The van der Waals surface area contributed by atoms with Crippen molar-refractivity contribution in [1.29, 1.82) is 0 Å². The third kappa shape index (κ3) is 5.78. The van der Waals surface area contributed by atoms with Gasteiger partial charge in [0.1, 0.15) is 12.4 Å². The Hall–Kier alpha value is -2.88. The van der Waals surface area contributed by atoms with Crippen LogP contribution in [0.4, 0.5) is 5.82 Å². The molecule has 0 spiro atoms. The normalized spacial score (nSPS) is 12.1. The molecule has 0 aliphatic carbocycles. The molecule has 0 bridgehead atoms. The average Bonchev–Trinajstić information content (AvgIpc) is 3.11. The molecule has 9 heteroatoms. The lowest BCUT2D eigenvalue weighted by Crippen LogP contribution is -2.22. The number of nitrogens with one attached hydrogen (secondary N) is 1. The lowest BCUT2D eigenvalue weighted by molar-refractivity contribution is 0.108. The van der Waals surface area contributed by atoms with Crippen molar-refractivity contribution >= 4 is 15.8 Å². The van der Waals surface area contributed by atoms with E-state index in [1.807, 2.05) is 52.0 Å². The minimum absolute atomic E-state index is 0.0433. The highest BCUT2D eigenvalue weighted by Gasteiger charge is 2.26. The molecule has 0 atom stereocenters. The second kappa shape index (κ2) is 10.6. The van der Waals surface area contributed by atoms with E-state index in [1.54, 1.807) is 19.2 Å². The van der Waals surface area contributed by atoms with Crippen LogP contribution in [0.15, 0.2) is 53.4 Å². The number of hydrogen-bond donors (Lipinski definition) is 2. The molecule has 0 aliphatic heterocycles. The fourth-order valence-electron chi connectivity index (χ4n) is 3.40. The molecule has 3 aromatic rings. The van der Waals surface area contributed by atoms with Gasteiger partial charge in [0.05, 0.1) is 23.7 Å². The number of hydrogen-bond acceptors (Lipinski definition) is 6. The van der Waals surface area contributed by atoms with E-state index >= 15 is 0 Å². The van der Waals surface area contributed by atoms with Crippen LogP contribution in [-0.2, 0) is 27.2 Å². The highest BCUT2D eigenvalue weighted by molar-refractivity contribution is 7.92. The highest BCUT2D eigenvalue weighted by atomic mass is 32.2. The van der Waals surface area contributed by atoms with Gasteiger partial charge in [0.25, 0.3) is 10.0 Å². The van der Waals surface area contributed by atoms with Crippen molar-refractivity contribution in [3.05, 3.63) is 59.7 Å². The summed E-state index contributed by atoms with van der Waals surface area (Å²) >= 11 is 0. The maximum Gasteiger partial charge on any atom is 0.263 e. The van der Waals surface area contributed by atoms with E-state index in [1.165, 1.54) is 16.8 Å². The molecule has 2 aromatic carbocycles. The minimum Gasteiger partial charge on any atom is -0.474 e. The number of benzene rings is 2. The number of anilines is 1. The third-order valence-corrected chi connectivity index (χ3v) is 6.95. The Morgan fingerprint density at radius 2 is 1.71 bits per heavy atom. The average molecular weight is 488 g/mol. The van der Waals surface area contributed by atoms with Gasteiger partial charge in [0.2, 0.25) is 5.88 Å². The lowest BCUT2D eigenvalue weighted by Gasteiger charge is -2.22. The van der Waals surface area contributed by atoms with E-state index in [0.29, 0.717) is 30.5 Å². The molecule has 0 aliphatic rings. The van der Waals surface area contributed by atoms with Crippen LogP contribution >= 0.6 is 0 Å². The number of sulfonamides is 1. The molecule has 0 saturated heterocycles. The van der Waals surface area contributed by atoms with Crippen LogP contribution in [0, 0.1) is 6.92 Å². The Bertz CT molecular complexity index is 1200. The van der Waals surface area contributed by atoms with Crippen LogP contribution in [0.3, 0.4) is 0 Å². The third-order valence-electron chi connectivity index (χ3n) is 5.60. The van der Waals surface area contributed by atoms with Gasteiger partial charge in [-0.1, -0.05) is 55.8 Å². The molecule has 1 heterocycles. The standard InChI is InChI=1S/C25H33N3O5S/c1-6-32-15-16-33-24-22(19-9-7-18(2)8-10-19)23(28(5)26-24)27-34(30,31)21-13-11-20(12-14-21)25(3,4)17-29/h7-14,27,29H,6,15-17H2,1-5H3. The summed E-state index contributed by atoms with van der Waals surface area (Å²) in [5.41, 5.74) is 2.80. The summed E-state index contributed by atoms with van der Waals surface area (Å²) in [4.78, 5) is 0.111. The van der Waals surface area contributed by atoms with E-state index in [-0.39, 0.29) is 18.1 Å². The maximum atomic E-state index is 13.3. The van der Waals surface area contributed by atoms with Crippen LogP contribution in [0.1, 0.15) is 31.9 Å². The molecule has 8 nitrogen and oxygen atoms in total. The fraction of sp³-hybridized carbons (Fsp3) is 0.400. The molecule has 3 rings (SSSR count). The Morgan fingerprint density at radius 3 is 2.29 bits per heavy atom. The molecule has 1 aromatic heterocycles. The predicted molar refractivity (Wildman–Crippen MR) is 133 cm³/mol. The maximum absolute atomic E-state index is 13.3. The first-order valence-corrected chi connectivity index (χ1v) is 12.7. The van der Waals surface area contributed by atoms with Crippen molar-refractivity contribution in [2.24, 2.45) is 7.05 Å². The van der Waals surface area contributed by atoms with Gasteiger partial charge in [0, 0.05) is 19.1 Å². The first kappa shape index (κ1) is 25.7. The van der Waals surface area contributed by atoms with E-state index in [4.69, 9.17) is 9.47 Å². The summed E-state index contributed by atoms with van der Waals surface area (Å²) < 4.78 is 41.9. The topological polar surface area (TPSA) is 103 Å². The number of aliphatic hydroxyl groups excluding tert-OH is 1. The summed E-state index contributed by atoms with van der Waals surface area (Å²) in [5, 5.41) is 14.0. The second-order valence-electron chi connectivity index (χ2n) is 8.74. The van der Waals surface area contributed by atoms with E-state index in [0.717, 1.165) is 16.7 Å². The monoisotopic (exact) mass is 487 g/mol. The van der Waals surface area contributed by atoms with Crippen molar-refractivity contribution in [2.45, 2.75) is 38.0 Å². The zero-order chi connectivity index (χ0) is 24.9. The van der Waals surface area contributed by atoms with Gasteiger partial charge in [-0.3, -0.25) is 4.72 Å². The number of aromatic nitrogens is 2. The molecule has 0 fully saturated rings. The van der Waals surface area contributed by atoms with Gasteiger partial charge >= 0.3 is 0 Å². The fourth-order valence-corrected chi connectivity index (χ4v) is 4.50. The zero-order valence-corrected chi connectivity index (χ0v) is 21.1. The van der Waals surface area contributed by atoms with Gasteiger partial charge in [-0.15, -0.1) is 5.10 Å². The quantitative estimate of drug-likeness (QED) is 0.398. The van der Waals surface area contributed by atoms with Crippen LogP contribution in [-0.4, -0.2) is 49.7 Å². The molecular weight excluding hydrogens is 454 g/mol. The zero-order valence-electron chi connectivity index (χ0n) is 20.3. The Balaban J connectivity index is 1.98.